The van der Waals surface area contributed by atoms with Gasteiger partial charge in [0.05, 0.1) is 6.04 Å². The highest BCUT2D eigenvalue weighted by Gasteiger charge is 2.26. The molecule has 0 N–H and O–H groups in total. The number of rotatable bonds is 7. The summed E-state index contributed by atoms with van der Waals surface area (Å²) in [6.45, 7) is 5.48. The largest absolute Gasteiger partial charge is 0.301 e. The quantitative estimate of drug-likeness (QED) is 0.459. The Bertz CT molecular complexity index is 1010. The van der Waals surface area contributed by atoms with Gasteiger partial charge in [-0.15, -0.1) is 0 Å². The van der Waals surface area contributed by atoms with Crippen LogP contribution in [-0.2, 0) is 6.42 Å². The summed E-state index contributed by atoms with van der Waals surface area (Å²) in [6.07, 6.45) is 3.98. The van der Waals surface area contributed by atoms with Gasteiger partial charge in [0.2, 0.25) is 0 Å². The zero-order valence-electron chi connectivity index (χ0n) is 17.8. The summed E-state index contributed by atoms with van der Waals surface area (Å²) in [6, 6.07) is 28.1. The minimum Gasteiger partial charge on any atom is -0.301 e. The number of aryl methyl sites for hydroxylation is 1. The normalized spacial score (nSPS) is 15.6. The van der Waals surface area contributed by atoms with Gasteiger partial charge in [-0.2, -0.15) is 5.10 Å². The predicted octanol–water partition coefficient (Wildman–Crippen LogP) is 4.07. The first kappa shape index (κ1) is 19.9. The number of fused-ring (bicyclic) bond motifs is 1. The van der Waals surface area contributed by atoms with Gasteiger partial charge in [0.25, 0.3) is 0 Å². The van der Waals surface area contributed by atoms with E-state index < -0.39 is 0 Å². The molecule has 0 spiro atoms. The Morgan fingerprint density at radius 2 is 1.39 bits per heavy atom. The van der Waals surface area contributed by atoms with Crippen LogP contribution in [0, 0.1) is 0 Å². The summed E-state index contributed by atoms with van der Waals surface area (Å²) >= 11 is 0. The molecule has 5 nitrogen and oxygen atoms in total. The van der Waals surface area contributed by atoms with Crippen molar-refractivity contribution in [2.75, 3.05) is 32.7 Å². The minimum absolute atomic E-state index is 0.326. The van der Waals surface area contributed by atoms with Crippen molar-refractivity contribution in [2.24, 2.45) is 0 Å². The van der Waals surface area contributed by atoms with Crippen LogP contribution in [0.2, 0.25) is 0 Å². The maximum absolute atomic E-state index is 4.62. The molecule has 5 rings (SSSR count). The van der Waals surface area contributed by atoms with Crippen molar-refractivity contribution in [1.29, 1.82) is 0 Å². The van der Waals surface area contributed by atoms with E-state index in [0.29, 0.717) is 6.04 Å². The predicted molar refractivity (Wildman–Crippen MR) is 124 cm³/mol. The van der Waals surface area contributed by atoms with E-state index in [4.69, 9.17) is 0 Å². The molecule has 0 radical (unpaired) electrons. The molecule has 0 saturated carbocycles. The van der Waals surface area contributed by atoms with E-state index in [1.807, 2.05) is 28.9 Å². The molecule has 31 heavy (non-hydrogen) atoms. The van der Waals surface area contributed by atoms with E-state index in [1.165, 1.54) is 11.1 Å². The van der Waals surface area contributed by atoms with Gasteiger partial charge in [0, 0.05) is 38.8 Å². The second-order valence-electron chi connectivity index (χ2n) is 8.24. The number of aromatic nitrogens is 3. The lowest BCUT2D eigenvalue weighted by molar-refractivity contribution is 0.108. The Morgan fingerprint density at radius 1 is 0.742 bits per heavy atom. The number of piperazine rings is 1. The number of hydrogen-bond donors (Lipinski definition) is 0. The van der Waals surface area contributed by atoms with Crippen LogP contribution in [0.1, 0.15) is 29.4 Å². The highest BCUT2D eigenvalue weighted by molar-refractivity contribution is 5.36. The van der Waals surface area contributed by atoms with Gasteiger partial charge >= 0.3 is 0 Å². The lowest BCUT2D eigenvalue weighted by Crippen LogP contribution is -2.48. The second kappa shape index (κ2) is 9.41. The Kier molecular flexibility index (Phi) is 6.05. The maximum atomic E-state index is 4.62. The summed E-state index contributed by atoms with van der Waals surface area (Å²) in [4.78, 5) is 9.84. The van der Waals surface area contributed by atoms with Crippen LogP contribution < -0.4 is 0 Å². The molecular weight excluding hydrogens is 382 g/mol. The fourth-order valence-electron chi connectivity index (χ4n) is 4.57. The molecule has 0 unspecified atom stereocenters. The third kappa shape index (κ3) is 4.68. The molecule has 5 heteroatoms. The molecule has 1 aliphatic rings. The van der Waals surface area contributed by atoms with Crippen molar-refractivity contribution in [3.8, 4) is 0 Å². The van der Waals surface area contributed by atoms with E-state index in [-0.39, 0.29) is 0 Å². The molecule has 1 saturated heterocycles. The summed E-state index contributed by atoms with van der Waals surface area (Å²) in [7, 11) is 0. The van der Waals surface area contributed by atoms with E-state index in [2.05, 4.69) is 80.5 Å². The first-order valence-corrected chi connectivity index (χ1v) is 11.2. The number of benzene rings is 2. The lowest BCUT2D eigenvalue weighted by Gasteiger charge is -2.39. The molecule has 2 aromatic carbocycles. The van der Waals surface area contributed by atoms with Gasteiger partial charge in [0.15, 0.2) is 11.5 Å². The number of pyridine rings is 1. The summed E-state index contributed by atoms with van der Waals surface area (Å²) in [5.74, 6) is 0.943. The zero-order valence-corrected chi connectivity index (χ0v) is 17.8. The van der Waals surface area contributed by atoms with Crippen molar-refractivity contribution in [3.63, 3.8) is 0 Å². The molecule has 0 bridgehead atoms. The molecule has 158 valence electrons. The van der Waals surface area contributed by atoms with E-state index in [9.17, 15) is 0 Å². The molecule has 1 aliphatic heterocycles. The van der Waals surface area contributed by atoms with Crippen molar-refractivity contribution in [1.82, 2.24) is 24.4 Å². The fourth-order valence-corrected chi connectivity index (χ4v) is 4.57. The first-order chi connectivity index (χ1) is 15.4. The van der Waals surface area contributed by atoms with Gasteiger partial charge in [0.1, 0.15) is 0 Å². The second-order valence-corrected chi connectivity index (χ2v) is 8.24. The molecular formula is C26H29N5. The smallest absolute Gasteiger partial charge is 0.155 e. The highest BCUT2D eigenvalue weighted by Crippen LogP contribution is 2.29. The van der Waals surface area contributed by atoms with Crippen molar-refractivity contribution < 1.29 is 0 Å². The number of hydrogen-bond acceptors (Lipinski definition) is 4. The lowest BCUT2D eigenvalue weighted by atomic mass is 9.96. The van der Waals surface area contributed by atoms with Gasteiger partial charge in [-0.25, -0.2) is 9.50 Å². The van der Waals surface area contributed by atoms with Crippen LogP contribution >= 0.6 is 0 Å². The fraction of sp³-hybridized carbons (Fsp3) is 0.308. The summed E-state index contributed by atoms with van der Waals surface area (Å²) in [5.41, 5.74) is 3.68. The van der Waals surface area contributed by atoms with Gasteiger partial charge in [-0.3, -0.25) is 4.90 Å². The van der Waals surface area contributed by atoms with E-state index in [0.717, 1.165) is 57.0 Å². The van der Waals surface area contributed by atoms with Crippen molar-refractivity contribution in [2.45, 2.75) is 18.9 Å². The average Bonchev–Trinajstić information content (AvgIpc) is 3.25. The topological polar surface area (TPSA) is 36.7 Å². The van der Waals surface area contributed by atoms with E-state index in [1.54, 1.807) is 0 Å². The van der Waals surface area contributed by atoms with Crippen LogP contribution in [0.4, 0.5) is 0 Å². The third-order valence-corrected chi connectivity index (χ3v) is 6.16. The molecule has 0 amide bonds. The Hall–Kier alpha value is -3.02. The van der Waals surface area contributed by atoms with E-state index >= 15 is 0 Å². The molecule has 0 atom stereocenters. The van der Waals surface area contributed by atoms with Gasteiger partial charge in [-0.05, 0) is 36.2 Å². The zero-order chi connectivity index (χ0) is 20.9. The SMILES string of the molecule is c1ccc(C(c2ccccc2)N2CCN(CCCc3nc4ccccn4n3)CC2)cc1. The summed E-state index contributed by atoms with van der Waals surface area (Å²) < 4.78 is 1.86. The minimum atomic E-state index is 0.326. The van der Waals surface area contributed by atoms with Crippen molar-refractivity contribution >= 4 is 5.65 Å². The Morgan fingerprint density at radius 3 is 2.03 bits per heavy atom. The third-order valence-electron chi connectivity index (χ3n) is 6.16. The van der Waals surface area contributed by atoms with Crippen LogP contribution in [0.5, 0.6) is 0 Å². The molecule has 2 aromatic heterocycles. The standard InChI is InChI=1S/C26H29N5/c1-3-10-22(11-4-1)26(23-12-5-2-6-13-23)30-20-18-29(19-21-30)16-9-14-24-27-25-15-7-8-17-31(25)28-24/h1-8,10-13,15,17,26H,9,14,16,18-21H2. The molecule has 4 aromatic rings. The highest BCUT2D eigenvalue weighted by atomic mass is 15.3. The summed E-state index contributed by atoms with van der Waals surface area (Å²) in [5, 5.41) is 4.58. The first-order valence-electron chi connectivity index (χ1n) is 11.2. The Balaban J connectivity index is 1.18. The molecule has 1 fully saturated rings. The Labute approximate surface area is 184 Å². The van der Waals surface area contributed by atoms with Crippen LogP contribution in [-0.4, -0.2) is 57.1 Å². The average molecular weight is 412 g/mol. The van der Waals surface area contributed by atoms with Crippen LogP contribution in [0.3, 0.4) is 0 Å². The monoisotopic (exact) mass is 411 g/mol. The van der Waals surface area contributed by atoms with Crippen LogP contribution in [0.25, 0.3) is 5.65 Å². The van der Waals surface area contributed by atoms with Gasteiger partial charge < -0.3 is 4.90 Å². The van der Waals surface area contributed by atoms with Crippen molar-refractivity contribution in [3.05, 3.63) is 102 Å². The van der Waals surface area contributed by atoms with Crippen LogP contribution in [0.15, 0.2) is 85.1 Å². The maximum Gasteiger partial charge on any atom is 0.155 e. The van der Waals surface area contributed by atoms with Gasteiger partial charge in [-0.1, -0.05) is 66.7 Å². The molecule has 3 heterocycles. The number of nitrogens with zero attached hydrogens (tertiary/aromatic N) is 5. The molecule has 0 aliphatic carbocycles.